The van der Waals surface area contributed by atoms with E-state index in [1.165, 1.54) is 6.07 Å². The van der Waals surface area contributed by atoms with E-state index in [0.717, 1.165) is 27.9 Å². The lowest BCUT2D eigenvalue weighted by Crippen LogP contribution is -2.03. The highest BCUT2D eigenvalue weighted by Gasteiger charge is 2.12. The minimum Gasteiger partial charge on any atom is -0.375 e. The number of anilines is 1. The zero-order chi connectivity index (χ0) is 21.6. The summed E-state index contributed by atoms with van der Waals surface area (Å²) in [5, 5.41) is 23.6. The number of para-hydroxylation sites is 2. The van der Waals surface area contributed by atoms with Crippen molar-refractivity contribution in [2.24, 2.45) is 0 Å². The number of hydrogen-bond donors (Lipinski definition) is 1. The van der Waals surface area contributed by atoms with Crippen LogP contribution in [0.15, 0.2) is 91.1 Å². The first-order valence-electron chi connectivity index (χ1n) is 9.68. The average Bonchev–Trinajstić information content (AvgIpc) is 2.83. The highest BCUT2D eigenvalue weighted by atomic mass is 16.6. The molecule has 6 nitrogen and oxygen atoms in total. The monoisotopic (exact) mass is 406 g/mol. The second kappa shape index (κ2) is 8.89. The lowest BCUT2D eigenvalue weighted by atomic mass is 9.98. The topological polar surface area (TPSA) is 91.8 Å². The second-order valence-electron chi connectivity index (χ2n) is 6.91. The molecule has 0 unspecified atom stereocenters. The number of nitriles is 1. The standard InChI is InChI=1S/C25H18N4O2/c26-16-21-5-1-2-6-22(21)19-9-11-20(12-10-19)24-15-18(13-14-27-24)17-28-23-7-3-4-8-25(23)29(30)31/h1-15,28H,17H2. The molecule has 0 aliphatic carbocycles. The first-order chi connectivity index (χ1) is 15.2. The van der Waals surface area contributed by atoms with Gasteiger partial charge in [0.05, 0.1) is 22.2 Å². The van der Waals surface area contributed by atoms with Gasteiger partial charge in [0.1, 0.15) is 5.69 Å². The number of nitro groups is 1. The van der Waals surface area contributed by atoms with Gasteiger partial charge in [-0.3, -0.25) is 15.1 Å². The summed E-state index contributed by atoms with van der Waals surface area (Å²) in [5.74, 6) is 0. The molecule has 4 aromatic rings. The molecule has 0 aliphatic rings. The number of hydrogen-bond acceptors (Lipinski definition) is 5. The van der Waals surface area contributed by atoms with Crippen LogP contribution in [0.1, 0.15) is 11.1 Å². The Hall–Kier alpha value is -4.50. The first kappa shape index (κ1) is 19.8. The third-order valence-corrected chi connectivity index (χ3v) is 4.95. The third-order valence-electron chi connectivity index (χ3n) is 4.95. The zero-order valence-electron chi connectivity index (χ0n) is 16.5. The fourth-order valence-electron chi connectivity index (χ4n) is 3.37. The normalized spacial score (nSPS) is 10.3. The summed E-state index contributed by atoms with van der Waals surface area (Å²) >= 11 is 0. The molecule has 150 valence electrons. The summed E-state index contributed by atoms with van der Waals surface area (Å²) in [6, 6.07) is 28.1. The van der Waals surface area contributed by atoms with Gasteiger partial charge in [-0.25, -0.2) is 0 Å². The van der Waals surface area contributed by atoms with Crippen LogP contribution in [0.25, 0.3) is 22.4 Å². The SMILES string of the molecule is N#Cc1ccccc1-c1ccc(-c2cc(CNc3ccccc3[N+](=O)[O-])ccn2)cc1. The lowest BCUT2D eigenvalue weighted by Gasteiger charge is -2.09. The van der Waals surface area contributed by atoms with E-state index in [1.807, 2.05) is 54.6 Å². The highest BCUT2D eigenvalue weighted by molar-refractivity contribution is 5.73. The Morgan fingerprint density at radius 3 is 2.42 bits per heavy atom. The minimum absolute atomic E-state index is 0.0463. The van der Waals surface area contributed by atoms with Crippen LogP contribution in [0.2, 0.25) is 0 Å². The summed E-state index contributed by atoms with van der Waals surface area (Å²) < 4.78 is 0. The molecule has 0 radical (unpaired) electrons. The van der Waals surface area contributed by atoms with Crippen molar-refractivity contribution in [3.63, 3.8) is 0 Å². The Balaban J connectivity index is 1.54. The number of benzene rings is 3. The highest BCUT2D eigenvalue weighted by Crippen LogP contribution is 2.27. The Bertz CT molecular complexity index is 1280. The molecular weight excluding hydrogens is 388 g/mol. The van der Waals surface area contributed by atoms with E-state index in [1.54, 1.807) is 30.5 Å². The van der Waals surface area contributed by atoms with Crippen molar-refractivity contribution >= 4 is 11.4 Å². The molecule has 0 aliphatic heterocycles. The van der Waals surface area contributed by atoms with Crippen LogP contribution in [0.4, 0.5) is 11.4 Å². The van der Waals surface area contributed by atoms with Crippen molar-refractivity contribution in [1.29, 1.82) is 5.26 Å². The van der Waals surface area contributed by atoms with Gasteiger partial charge < -0.3 is 5.32 Å². The summed E-state index contributed by atoms with van der Waals surface area (Å²) in [6.45, 7) is 0.438. The van der Waals surface area contributed by atoms with Crippen molar-refractivity contribution in [2.45, 2.75) is 6.54 Å². The molecule has 0 amide bonds. The molecule has 0 atom stereocenters. The van der Waals surface area contributed by atoms with E-state index in [0.29, 0.717) is 17.8 Å². The average molecular weight is 406 g/mol. The Labute approximate surface area is 179 Å². The van der Waals surface area contributed by atoms with Crippen LogP contribution in [0.3, 0.4) is 0 Å². The lowest BCUT2D eigenvalue weighted by molar-refractivity contribution is -0.384. The summed E-state index contributed by atoms with van der Waals surface area (Å²) in [5.41, 5.74) is 5.74. The van der Waals surface area contributed by atoms with E-state index in [4.69, 9.17) is 0 Å². The predicted octanol–water partition coefficient (Wildman–Crippen LogP) is 5.81. The third kappa shape index (κ3) is 4.41. The van der Waals surface area contributed by atoms with E-state index < -0.39 is 4.92 Å². The van der Waals surface area contributed by atoms with E-state index in [9.17, 15) is 15.4 Å². The molecule has 0 spiro atoms. The molecule has 0 fully saturated rings. The minimum atomic E-state index is -0.397. The molecule has 6 heteroatoms. The van der Waals surface area contributed by atoms with Gasteiger partial charge in [-0.2, -0.15) is 5.26 Å². The predicted molar refractivity (Wildman–Crippen MR) is 120 cm³/mol. The quantitative estimate of drug-likeness (QED) is 0.322. The molecule has 0 saturated carbocycles. The van der Waals surface area contributed by atoms with Gasteiger partial charge in [-0.05, 0) is 41.0 Å². The van der Waals surface area contributed by atoms with Crippen LogP contribution in [-0.4, -0.2) is 9.91 Å². The van der Waals surface area contributed by atoms with E-state index in [-0.39, 0.29) is 5.69 Å². The second-order valence-corrected chi connectivity index (χ2v) is 6.91. The maximum absolute atomic E-state index is 11.2. The van der Waals surface area contributed by atoms with Crippen LogP contribution < -0.4 is 5.32 Å². The van der Waals surface area contributed by atoms with Gasteiger partial charge in [0.25, 0.3) is 5.69 Å². The molecule has 0 saturated heterocycles. The summed E-state index contributed by atoms with van der Waals surface area (Å²) in [7, 11) is 0. The van der Waals surface area contributed by atoms with Crippen molar-refractivity contribution < 1.29 is 4.92 Å². The largest absolute Gasteiger partial charge is 0.375 e. The van der Waals surface area contributed by atoms with Gasteiger partial charge >= 0.3 is 0 Å². The Kier molecular flexibility index (Phi) is 5.68. The van der Waals surface area contributed by atoms with E-state index in [2.05, 4.69) is 16.4 Å². The first-order valence-corrected chi connectivity index (χ1v) is 9.68. The van der Waals surface area contributed by atoms with Gasteiger partial charge in [-0.15, -0.1) is 0 Å². The number of nitrogens with one attached hydrogen (secondary N) is 1. The fourth-order valence-corrected chi connectivity index (χ4v) is 3.37. The van der Waals surface area contributed by atoms with Crippen LogP contribution in [-0.2, 0) is 6.54 Å². The molecule has 1 N–H and O–H groups in total. The van der Waals surface area contributed by atoms with Crippen molar-refractivity contribution in [3.05, 3.63) is 112 Å². The van der Waals surface area contributed by atoms with Crippen molar-refractivity contribution in [2.75, 3.05) is 5.32 Å². The smallest absolute Gasteiger partial charge is 0.292 e. The van der Waals surface area contributed by atoms with Gasteiger partial charge in [0.2, 0.25) is 0 Å². The molecule has 1 heterocycles. The Morgan fingerprint density at radius 1 is 0.935 bits per heavy atom. The Morgan fingerprint density at radius 2 is 1.65 bits per heavy atom. The van der Waals surface area contributed by atoms with Crippen molar-refractivity contribution in [3.8, 4) is 28.5 Å². The van der Waals surface area contributed by atoms with Gasteiger partial charge in [0.15, 0.2) is 0 Å². The maximum Gasteiger partial charge on any atom is 0.292 e. The van der Waals surface area contributed by atoms with Crippen molar-refractivity contribution in [1.82, 2.24) is 4.98 Å². The number of nitro benzene ring substituents is 1. The van der Waals surface area contributed by atoms with Crippen LogP contribution in [0, 0.1) is 21.4 Å². The molecule has 1 aromatic heterocycles. The molecule has 0 bridgehead atoms. The number of pyridine rings is 1. The molecular formula is C25H18N4O2. The fraction of sp³-hybridized carbons (Fsp3) is 0.0400. The molecule has 4 rings (SSSR count). The number of nitrogens with zero attached hydrogens (tertiary/aromatic N) is 3. The summed E-state index contributed by atoms with van der Waals surface area (Å²) in [4.78, 5) is 15.2. The van der Waals surface area contributed by atoms with E-state index >= 15 is 0 Å². The summed E-state index contributed by atoms with van der Waals surface area (Å²) in [6.07, 6.45) is 1.73. The maximum atomic E-state index is 11.2. The zero-order valence-corrected chi connectivity index (χ0v) is 16.5. The number of aromatic nitrogens is 1. The van der Waals surface area contributed by atoms with Gasteiger partial charge in [-0.1, -0.05) is 54.6 Å². The van der Waals surface area contributed by atoms with Crippen LogP contribution >= 0.6 is 0 Å². The molecule has 3 aromatic carbocycles. The van der Waals surface area contributed by atoms with Gasteiger partial charge in [0, 0.05) is 24.4 Å². The molecule has 31 heavy (non-hydrogen) atoms. The van der Waals surface area contributed by atoms with Crippen LogP contribution in [0.5, 0.6) is 0 Å². The number of rotatable bonds is 6.